The molecule has 0 bridgehead atoms. The predicted molar refractivity (Wildman–Crippen MR) is 79.3 cm³/mol. The molecule has 1 aliphatic heterocycles. The maximum Gasteiger partial charge on any atom is 0.313 e. The number of hydrogen-bond donors (Lipinski definition) is 1. The molecule has 0 aromatic carbocycles. The van der Waals surface area contributed by atoms with Gasteiger partial charge >= 0.3 is 5.91 Å². The van der Waals surface area contributed by atoms with Crippen molar-refractivity contribution in [2.75, 3.05) is 13.7 Å². The van der Waals surface area contributed by atoms with Crippen LogP contribution >= 0.6 is 0 Å². The summed E-state index contributed by atoms with van der Waals surface area (Å²) in [6.45, 7) is 0.373. The molecule has 0 radical (unpaired) electrons. The topological polar surface area (TPSA) is 80.9 Å². The fraction of sp³-hybridized carbons (Fsp3) is 0.188. The van der Waals surface area contributed by atoms with E-state index < -0.39 is 5.91 Å². The molecule has 2 heterocycles. The summed E-state index contributed by atoms with van der Waals surface area (Å²) in [6, 6.07) is 3.18. The molecular formula is C16H14N2O4. The summed E-state index contributed by atoms with van der Waals surface area (Å²) in [5, 5.41) is 2.77. The van der Waals surface area contributed by atoms with E-state index in [2.05, 4.69) is 10.3 Å². The summed E-state index contributed by atoms with van der Waals surface area (Å²) in [5.74, 6) is -0.555. The van der Waals surface area contributed by atoms with Gasteiger partial charge in [-0.05, 0) is 29.9 Å². The fourth-order valence-corrected chi connectivity index (χ4v) is 2.41. The zero-order valence-electron chi connectivity index (χ0n) is 11.9. The number of amides is 2. The lowest BCUT2D eigenvalue weighted by atomic mass is 9.88. The van der Waals surface area contributed by atoms with Crippen molar-refractivity contribution in [3.8, 4) is 0 Å². The fourth-order valence-electron chi connectivity index (χ4n) is 2.41. The zero-order valence-corrected chi connectivity index (χ0v) is 11.9. The van der Waals surface area contributed by atoms with Gasteiger partial charge in [-0.25, -0.2) is 4.99 Å². The molecule has 1 aliphatic carbocycles. The van der Waals surface area contributed by atoms with E-state index in [0.29, 0.717) is 18.0 Å². The Balaban J connectivity index is 1.86. The number of hydrogen-bond acceptors (Lipinski definition) is 4. The summed E-state index contributed by atoms with van der Waals surface area (Å²) >= 11 is 0. The van der Waals surface area contributed by atoms with Crippen LogP contribution in [0.15, 0.2) is 63.4 Å². The number of carbonyl (C=O) groups excluding carboxylic acids is 2. The standard InChI is InChI=1S/C16H14N2O4/c1-21-9-10-7-15(19)18-13-8-11(4-5-12(10)13)17-16(20)14-3-2-6-22-14/h2-8,12H,9H2,1H3,(H,18,19). The van der Waals surface area contributed by atoms with Crippen molar-refractivity contribution in [2.24, 2.45) is 10.9 Å². The highest BCUT2D eigenvalue weighted by Crippen LogP contribution is 2.27. The van der Waals surface area contributed by atoms with Crippen LogP contribution in [0, 0.1) is 5.92 Å². The first kappa shape index (κ1) is 14.2. The van der Waals surface area contributed by atoms with Gasteiger partial charge in [-0.15, -0.1) is 0 Å². The SMILES string of the molecule is COCC1=CC(=O)NC2=CC(=NC(=O)c3ccco3)C=CC12. The van der Waals surface area contributed by atoms with Crippen molar-refractivity contribution >= 4 is 17.5 Å². The van der Waals surface area contributed by atoms with Gasteiger partial charge in [-0.1, -0.05) is 6.08 Å². The molecule has 3 rings (SSSR count). The number of fused-ring (bicyclic) bond motifs is 1. The molecule has 1 aromatic rings. The van der Waals surface area contributed by atoms with Crippen molar-refractivity contribution in [3.05, 3.63) is 59.7 Å². The van der Waals surface area contributed by atoms with Crippen molar-refractivity contribution in [1.29, 1.82) is 0 Å². The number of methoxy groups -OCH3 is 1. The Bertz CT molecular complexity index is 723. The van der Waals surface area contributed by atoms with Gasteiger partial charge in [0.2, 0.25) is 5.91 Å². The van der Waals surface area contributed by atoms with Gasteiger partial charge < -0.3 is 14.5 Å². The molecule has 22 heavy (non-hydrogen) atoms. The lowest BCUT2D eigenvalue weighted by Crippen LogP contribution is -2.34. The zero-order chi connectivity index (χ0) is 15.5. The van der Waals surface area contributed by atoms with Gasteiger partial charge in [0.15, 0.2) is 5.76 Å². The van der Waals surface area contributed by atoms with Crippen molar-refractivity contribution in [2.45, 2.75) is 0 Å². The van der Waals surface area contributed by atoms with Crippen LogP contribution in [0.4, 0.5) is 0 Å². The van der Waals surface area contributed by atoms with E-state index in [1.54, 1.807) is 31.4 Å². The van der Waals surface area contributed by atoms with Gasteiger partial charge in [-0.2, -0.15) is 0 Å². The number of nitrogens with one attached hydrogen (secondary N) is 1. The summed E-state index contributed by atoms with van der Waals surface area (Å²) in [6.07, 6.45) is 8.27. The summed E-state index contributed by atoms with van der Waals surface area (Å²) in [7, 11) is 1.58. The highest BCUT2D eigenvalue weighted by molar-refractivity contribution is 6.13. The highest BCUT2D eigenvalue weighted by Gasteiger charge is 2.26. The molecule has 2 amide bonds. The largest absolute Gasteiger partial charge is 0.459 e. The van der Waals surface area contributed by atoms with Gasteiger partial charge in [0.1, 0.15) is 0 Å². The average molecular weight is 298 g/mol. The maximum absolute atomic E-state index is 11.9. The molecule has 2 aliphatic rings. The van der Waals surface area contributed by atoms with Crippen molar-refractivity contribution in [3.63, 3.8) is 0 Å². The summed E-state index contributed by atoms with van der Waals surface area (Å²) in [4.78, 5) is 27.6. The Labute approximate surface area is 126 Å². The quantitative estimate of drug-likeness (QED) is 0.919. The molecule has 1 aromatic heterocycles. The molecule has 1 unspecified atom stereocenters. The normalized spacial score (nSPS) is 22.0. The maximum atomic E-state index is 11.9. The smallest absolute Gasteiger partial charge is 0.313 e. The lowest BCUT2D eigenvalue weighted by molar-refractivity contribution is -0.116. The van der Waals surface area contributed by atoms with Crippen LogP contribution in [0.3, 0.4) is 0 Å². The van der Waals surface area contributed by atoms with Gasteiger partial charge in [0.25, 0.3) is 0 Å². The van der Waals surface area contributed by atoms with Crippen LogP contribution in [0.5, 0.6) is 0 Å². The third-order valence-corrected chi connectivity index (χ3v) is 3.35. The number of carbonyl (C=O) groups is 2. The predicted octanol–water partition coefficient (Wildman–Crippen LogP) is 1.63. The van der Waals surface area contributed by atoms with Crippen molar-refractivity contribution < 1.29 is 18.7 Å². The van der Waals surface area contributed by atoms with Crippen LogP contribution in [-0.4, -0.2) is 31.2 Å². The molecule has 112 valence electrons. The highest BCUT2D eigenvalue weighted by atomic mass is 16.5. The van der Waals surface area contributed by atoms with E-state index in [0.717, 1.165) is 5.57 Å². The Morgan fingerprint density at radius 3 is 3.05 bits per heavy atom. The Morgan fingerprint density at radius 1 is 1.45 bits per heavy atom. The second kappa shape index (κ2) is 5.95. The van der Waals surface area contributed by atoms with E-state index in [9.17, 15) is 9.59 Å². The number of rotatable bonds is 3. The molecule has 1 N–H and O–H groups in total. The van der Waals surface area contributed by atoms with E-state index in [1.165, 1.54) is 12.3 Å². The minimum Gasteiger partial charge on any atom is -0.459 e. The Kier molecular flexibility index (Phi) is 3.84. The number of nitrogens with zero attached hydrogens (tertiary/aromatic N) is 1. The molecule has 0 saturated carbocycles. The number of ether oxygens (including phenoxy) is 1. The summed E-state index contributed by atoms with van der Waals surface area (Å²) < 4.78 is 10.1. The van der Waals surface area contributed by atoms with Gasteiger partial charge in [0, 0.05) is 24.8 Å². The molecule has 6 heteroatoms. The molecular weight excluding hydrogens is 284 g/mol. The second-order valence-corrected chi connectivity index (χ2v) is 4.90. The van der Waals surface area contributed by atoms with E-state index in [-0.39, 0.29) is 17.6 Å². The van der Waals surface area contributed by atoms with E-state index in [4.69, 9.17) is 9.15 Å². The lowest BCUT2D eigenvalue weighted by Gasteiger charge is -2.27. The molecule has 0 spiro atoms. The van der Waals surface area contributed by atoms with E-state index >= 15 is 0 Å². The van der Waals surface area contributed by atoms with Crippen LogP contribution in [0.1, 0.15) is 10.6 Å². The molecule has 1 atom stereocenters. The molecule has 0 saturated heterocycles. The first-order valence-corrected chi connectivity index (χ1v) is 6.74. The second-order valence-electron chi connectivity index (χ2n) is 4.90. The molecule has 6 nitrogen and oxygen atoms in total. The Morgan fingerprint density at radius 2 is 2.32 bits per heavy atom. The van der Waals surface area contributed by atoms with Crippen molar-refractivity contribution in [1.82, 2.24) is 5.32 Å². The number of furan rings is 1. The third kappa shape index (κ3) is 2.82. The van der Waals surface area contributed by atoms with Crippen LogP contribution in [0.2, 0.25) is 0 Å². The van der Waals surface area contributed by atoms with Crippen LogP contribution in [0.25, 0.3) is 0 Å². The van der Waals surface area contributed by atoms with E-state index in [1.807, 2.05) is 6.08 Å². The average Bonchev–Trinajstić information content (AvgIpc) is 3.01. The first-order valence-electron chi connectivity index (χ1n) is 6.74. The van der Waals surface area contributed by atoms with Gasteiger partial charge in [0.05, 0.1) is 18.6 Å². The number of allylic oxidation sites excluding steroid dienone is 3. The minimum absolute atomic E-state index is 0.0599. The van der Waals surface area contributed by atoms with Gasteiger partial charge in [-0.3, -0.25) is 9.59 Å². The summed E-state index contributed by atoms with van der Waals surface area (Å²) in [5.41, 5.74) is 2.02. The molecule has 0 fully saturated rings. The monoisotopic (exact) mass is 298 g/mol. The first-order chi connectivity index (χ1) is 10.7. The minimum atomic E-state index is -0.463. The Hall–Kier alpha value is -2.73. The van der Waals surface area contributed by atoms with Crippen LogP contribution < -0.4 is 5.32 Å². The number of aliphatic imine (C=N–C) groups is 1. The third-order valence-electron chi connectivity index (χ3n) is 3.35. The van der Waals surface area contributed by atoms with Crippen LogP contribution in [-0.2, 0) is 9.53 Å².